The molecule has 0 aliphatic rings. The minimum atomic E-state index is 1.37. The van der Waals surface area contributed by atoms with E-state index < -0.39 is 0 Å². The van der Waals surface area contributed by atoms with Crippen LogP contribution in [0.25, 0.3) is 0 Å². The molecule has 0 radical (unpaired) electrons. The lowest BCUT2D eigenvalue weighted by Crippen LogP contribution is -2.46. The molecule has 0 bridgehead atoms. The first-order valence-electron chi connectivity index (χ1n) is 19.5. The third-order valence-corrected chi connectivity index (χ3v) is 9.65. The lowest BCUT2D eigenvalue weighted by Gasteiger charge is -2.35. The Morgan fingerprint density at radius 1 is 0.225 bits per heavy atom. The number of rotatable bonds is 35. The van der Waals surface area contributed by atoms with Crippen molar-refractivity contribution in [3.8, 4) is 0 Å². The fourth-order valence-corrected chi connectivity index (χ4v) is 6.63. The predicted molar refractivity (Wildman–Crippen MR) is 186 cm³/mol. The normalized spacial score (nSPS) is 12.0. The molecular formula is C39H82N+. The second-order valence-electron chi connectivity index (χ2n) is 14.0. The van der Waals surface area contributed by atoms with Crippen molar-refractivity contribution in [3.63, 3.8) is 0 Å². The lowest BCUT2D eigenvalue weighted by atomic mass is 10.0. The summed E-state index contributed by atoms with van der Waals surface area (Å²) in [5.74, 6) is 0. The Hall–Kier alpha value is -0.0400. The van der Waals surface area contributed by atoms with Crippen LogP contribution < -0.4 is 0 Å². The predicted octanol–water partition coefficient (Wildman–Crippen LogP) is 14.0. The van der Waals surface area contributed by atoms with Crippen molar-refractivity contribution in [1.29, 1.82) is 0 Å². The van der Waals surface area contributed by atoms with E-state index in [2.05, 4.69) is 27.8 Å². The van der Waals surface area contributed by atoms with Crippen LogP contribution in [0.3, 0.4) is 0 Å². The summed E-state index contributed by atoms with van der Waals surface area (Å²) in [7, 11) is 2.60. The molecule has 242 valence electrons. The van der Waals surface area contributed by atoms with Gasteiger partial charge in [-0.3, -0.25) is 0 Å². The first-order valence-corrected chi connectivity index (χ1v) is 19.5. The molecule has 0 aromatic carbocycles. The Morgan fingerprint density at radius 2 is 0.375 bits per heavy atom. The van der Waals surface area contributed by atoms with E-state index in [0.29, 0.717) is 0 Å². The van der Waals surface area contributed by atoms with E-state index in [1.807, 2.05) is 0 Å². The Labute approximate surface area is 257 Å². The van der Waals surface area contributed by atoms with E-state index in [9.17, 15) is 0 Å². The van der Waals surface area contributed by atoms with Crippen LogP contribution in [0.4, 0.5) is 0 Å². The summed E-state index contributed by atoms with van der Waals surface area (Å²) in [5, 5.41) is 0. The molecule has 0 N–H and O–H groups in total. The summed E-state index contributed by atoms with van der Waals surface area (Å²) in [6, 6.07) is 0. The maximum absolute atomic E-state index is 2.60. The van der Waals surface area contributed by atoms with Crippen molar-refractivity contribution in [2.75, 3.05) is 26.7 Å². The van der Waals surface area contributed by atoms with E-state index in [-0.39, 0.29) is 0 Å². The van der Waals surface area contributed by atoms with Gasteiger partial charge < -0.3 is 4.48 Å². The summed E-state index contributed by atoms with van der Waals surface area (Å²) in [6.45, 7) is 11.3. The van der Waals surface area contributed by atoms with Crippen molar-refractivity contribution < 1.29 is 4.48 Å². The number of hydrogen-bond donors (Lipinski definition) is 0. The summed E-state index contributed by atoms with van der Waals surface area (Å²) >= 11 is 0. The fraction of sp³-hybridized carbons (Fsp3) is 1.00. The molecule has 0 saturated heterocycles. The van der Waals surface area contributed by atoms with Crippen LogP contribution in [0.2, 0.25) is 0 Å². The number of nitrogens with zero attached hydrogens (tertiary/aromatic N) is 1. The van der Waals surface area contributed by atoms with Gasteiger partial charge in [0.1, 0.15) is 0 Å². The fourth-order valence-electron chi connectivity index (χ4n) is 6.63. The van der Waals surface area contributed by atoms with Crippen molar-refractivity contribution in [2.24, 2.45) is 0 Å². The highest BCUT2D eigenvalue weighted by Crippen LogP contribution is 2.18. The van der Waals surface area contributed by atoms with Gasteiger partial charge >= 0.3 is 0 Å². The molecule has 0 aromatic rings. The van der Waals surface area contributed by atoms with Crippen molar-refractivity contribution >= 4 is 0 Å². The Kier molecular flexibility index (Phi) is 33.4. The van der Waals surface area contributed by atoms with Gasteiger partial charge in [-0.15, -0.1) is 0 Å². The van der Waals surface area contributed by atoms with Gasteiger partial charge in [-0.05, 0) is 38.5 Å². The van der Waals surface area contributed by atoms with Crippen molar-refractivity contribution in [1.82, 2.24) is 0 Å². The van der Waals surface area contributed by atoms with E-state index in [0.717, 1.165) is 0 Å². The van der Waals surface area contributed by atoms with Crippen LogP contribution in [0.1, 0.15) is 226 Å². The third kappa shape index (κ3) is 30.9. The Morgan fingerprint density at radius 3 is 0.550 bits per heavy atom. The zero-order valence-electron chi connectivity index (χ0n) is 29.2. The molecular weight excluding hydrogens is 482 g/mol. The van der Waals surface area contributed by atoms with Gasteiger partial charge in [-0.25, -0.2) is 0 Å². The number of unbranched alkanes of at least 4 members (excludes halogenated alkanes) is 29. The van der Waals surface area contributed by atoms with Gasteiger partial charge in [0.05, 0.1) is 26.7 Å². The summed E-state index contributed by atoms with van der Waals surface area (Å²) in [5.41, 5.74) is 0. The quantitative estimate of drug-likeness (QED) is 0.0530. The minimum absolute atomic E-state index is 1.37. The third-order valence-electron chi connectivity index (χ3n) is 9.65. The molecule has 0 aromatic heterocycles. The molecule has 0 heterocycles. The molecule has 0 rings (SSSR count). The Bertz CT molecular complexity index is 424. The van der Waals surface area contributed by atoms with Crippen LogP contribution in [0, 0.1) is 0 Å². The summed E-state index contributed by atoms with van der Waals surface area (Å²) in [6.07, 6.45) is 46.8. The average Bonchev–Trinajstić information content (AvgIpc) is 2.95. The molecule has 0 aliphatic heterocycles. The second kappa shape index (κ2) is 33.5. The number of quaternary nitrogens is 1. The maximum atomic E-state index is 2.60. The molecule has 0 spiro atoms. The van der Waals surface area contributed by atoms with Crippen LogP contribution in [0.5, 0.6) is 0 Å². The number of hydrogen-bond acceptors (Lipinski definition) is 0. The first kappa shape index (κ1) is 40.0. The van der Waals surface area contributed by atoms with Gasteiger partial charge in [0.15, 0.2) is 0 Å². The average molecular weight is 565 g/mol. The van der Waals surface area contributed by atoms with Gasteiger partial charge in [0.2, 0.25) is 0 Å². The molecule has 0 atom stereocenters. The van der Waals surface area contributed by atoms with Gasteiger partial charge in [-0.2, -0.15) is 0 Å². The minimum Gasteiger partial charge on any atom is -0.326 e. The SMILES string of the molecule is CCCCCCCCCCCCCCCCCC[N+](C)(CCCCCCCCCC)CCCCCCCCCC. The van der Waals surface area contributed by atoms with Crippen LogP contribution in [-0.2, 0) is 0 Å². The second-order valence-corrected chi connectivity index (χ2v) is 14.0. The molecule has 0 fully saturated rings. The zero-order valence-corrected chi connectivity index (χ0v) is 29.2. The van der Waals surface area contributed by atoms with Crippen molar-refractivity contribution in [2.45, 2.75) is 226 Å². The molecule has 0 amide bonds. The van der Waals surface area contributed by atoms with Gasteiger partial charge in [0.25, 0.3) is 0 Å². The summed E-state index contributed by atoms with van der Waals surface area (Å²) in [4.78, 5) is 0. The highest BCUT2D eigenvalue weighted by molar-refractivity contribution is 4.53. The largest absolute Gasteiger partial charge is 0.326 e. The Balaban J connectivity index is 3.91. The summed E-state index contributed by atoms with van der Waals surface area (Å²) < 4.78 is 1.37. The van der Waals surface area contributed by atoms with Crippen LogP contribution in [-0.4, -0.2) is 31.2 Å². The van der Waals surface area contributed by atoms with Gasteiger partial charge in [0, 0.05) is 0 Å². The molecule has 1 heteroatoms. The molecule has 0 saturated carbocycles. The van der Waals surface area contributed by atoms with E-state index in [4.69, 9.17) is 0 Å². The highest BCUT2D eigenvalue weighted by Gasteiger charge is 2.20. The highest BCUT2D eigenvalue weighted by atomic mass is 15.3. The monoisotopic (exact) mass is 565 g/mol. The molecule has 0 aliphatic carbocycles. The van der Waals surface area contributed by atoms with Crippen molar-refractivity contribution in [3.05, 3.63) is 0 Å². The molecule has 1 nitrogen and oxygen atoms in total. The smallest absolute Gasteiger partial charge is 0.0784 e. The van der Waals surface area contributed by atoms with Gasteiger partial charge in [-0.1, -0.05) is 188 Å². The standard InChI is InChI=1S/C39H82N/c1-5-8-11-14-17-20-21-22-23-24-25-26-27-30-33-36-39-40(4,37-34-31-28-18-15-12-9-6-2)38-35-32-29-19-16-13-10-7-3/h5-39H2,1-4H3/q+1. The van der Waals surface area contributed by atoms with E-state index >= 15 is 0 Å². The maximum Gasteiger partial charge on any atom is 0.0784 e. The van der Waals surface area contributed by atoms with Crippen LogP contribution in [0.15, 0.2) is 0 Å². The van der Waals surface area contributed by atoms with Crippen LogP contribution >= 0.6 is 0 Å². The van der Waals surface area contributed by atoms with E-state index in [1.165, 1.54) is 230 Å². The lowest BCUT2D eigenvalue weighted by molar-refractivity contribution is -0.910. The first-order chi connectivity index (χ1) is 19.7. The topological polar surface area (TPSA) is 0 Å². The zero-order chi connectivity index (χ0) is 29.2. The molecule has 40 heavy (non-hydrogen) atoms. The van der Waals surface area contributed by atoms with E-state index in [1.54, 1.807) is 0 Å². The molecule has 0 unspecified atom stereocenters.